The molecule has 2 heterocycles. The van der Waals surface area contributed by atoms with Crippen LogP contribution in [0.15, 0.2) is 24.3 Å². The number of nitrogens with zero attached hydrogens (tertiary/aromatic N) is 2. The number of nitro benzene ring substituents is 1. The Morgan fingerprint density at radius 1 is 1.15 bits per heavy atom. The number of carbonyl (C=O) groups excluding carboxylic acids is 2. The highest BCUT2D eigenvalue weighted by molar-refractivity contribution is 5.94. The van der Waals surface area contributed by atoms with Crippen molar-refractivity contribution in [1.82, 2.24) is 10.2 Å². The molecule has 0 saturated carbocycles. The van der Waals surface area contributed by atoms with E-state index in [1.54, 1.807) is 4.90 Å². The molecule has 0 aromatic heterocycles. The van der Waals surface area contributed by atoms with Gasteiger partial charge in [0.05, 0.1) is 18.1 Å². The molecule has 0 bridgehead atoms. The van der Waals surface area contributed by atoms with Gasteiger partial charge in [-0.3, -0.25) is 19.7 Å². The lowest BCUT2D eigenvalue weighted by Crippen LogP contribution is -2.47. The Bertz CT molecular complexity index is 674. The van der Waals surface area contributed by atoms with E-state index in [1.165, 1.54) is 24.3 Å². The first-order valence-electron chi connectivity index (χ1n) is 8.57. The van der Waals surface area contributed by atoms with Gasteiger partial charge in [0.15, 0.2) is 5.79 Å². The maximum absolute atomic E-state index is 12.3. The molecule has 0 radical (unpaired) electrons. The van der Waals surface area contributed by atoms with Crippen LogP contribution < -0.4 is 5.32 Å². The predicted molar refractivity (Wildman–Crippen MR) is 90.5 cm³/mol. The zero-order valence-electron chi connectivity index (χ0n) is 14.3. The van der Waals surface area contributed by atoms with E-state index < -0.39 is 10.7 Å². The number of carbonyl (C=O) groups is 2. The Labute approximate surface area is 150 Å². The smallest absolute Gasteiger partial charge is 0.269 e. The molecule has 9 nitrogen and oxygen atoms in total. The Hall–Kier alpha value is -2.52. The van der Waals surface area contributed by atoms with Gasteiger partial charge in [0.2, 0.25) is 5.91 Å². The molecule has 9 heteroatoms. The molecule has 0 atom stereocenters. The van der Waals surface area contributed by atoms with E-state index in [9.17, 15) is 19.7 Å². The lowest BCUT2D eigenvalue weighted by molar-refractivity contribution is -0.384. The highest BCUT2D eigenvalue weighted by Gasteiger charge is 2.40. The summed E-state index contributed by atoms with van der Waals surface area (Å²) in [6, 6.07) is 5.33. The number of non-ortho nitro benzene ring substituents is 1. The summed E-state index contributed by atoms with van der Waals surface area (Å²) in [4.78, 5) is 36.1. The van der Waals surface area contributed by atoms with Gasteiger partial charge < -0.3 is 19.7 Å². The molecule has 2 amide bonds. The Kier molecular flexibility index (Phi) is 5.48. The molecule has 0 aliphatic carbocycles. The summed E-state index contributed by atoms with van der Waals surface area (Å²) in [7, 11) is 0. The number of likely N-dealkylation sites (tertiary alicyclic amines) is 1. The average molecular weight is 363 g/mol. The predicted octanol–water partition coefficient (Wildman–Crippen LogP) is 1.08. The molecule has 1 spiro atoms. The largest absolute Gasteiger partial charge is 0.352 e. The first-order valence-corrected chi connectivity index (χ1v) is 8.57. The Balaban J connectivity index is 1.41. The summed E-state index contributed by atoms with van der Waals surface area (Å²) in [6.07, 6.45) is 1.52. The number of hydrogen-bond acceptors (Lipinski definition) is 6. The molecular formula is C17H21N3O6. The minimum Gasteiger partial charge on any atom is -0.352 e. The molecule has 2 aliphatic rings. The number of amides is 2. The van der Waals surface area contributed by atoms with Crippen LogP contribution in [0.4, 0.5) is 5.69 Å². The second-order valence-corrected chi connectivity index (χ2v) is 6.30. The number of piperidine rings is 1. The van der Waals surface area contributed by atoms with Gasteiger partial charge in [0.1, 0.15) is 0 Å². The fraction of sp³-hybridized carbons (Fsp3) is 0.529. The van der Waals surface area contributed by atoms with Crippen LogP contribution in [-0.2, 0) is 14.3 Å². The van der Waals surface area contributed by atoms with Crippen molar-refractivity contribution >= 4 is 17.5 Å². The molecule has 2 fully saturated rings. The molecule has 1 aromatic rings. The summed E-state index contributed by atoms with van der Waals surface area (Å²) in [5.41, 5.74) is 0.244. The average Bonchev–Trinajstić information content (AvgIpc) is 3.10. The summed E-state index contributed by atoms with van der Waals surface area (Å²) in [6.45, 7) is 2.57. The number of benzene rings is 1. The highest BCUT2D eigenvalue weighted by Crippen LogP contribution is 2.31. The van der Waals surface area contributed by atoms with Gasteiger partial charge in [-0.2, -0.15) is 0 Å². The first kappa shape index (κ1) is 18.3. The van der Waals surface area contributed by atoms with Crippen LogP contribution in [0.3, 0.4) is 0 Å². The third-order valence-electron chi connectivity index (χ3n) is 4.66. The highest BCUT2D eigenvalue weighted by atomic mass is 16.7. The molecule has 2 aliphatic heterocycles. The van der Waals surface area contributed by atoms with Gasteiger partial charge in [-0.1, -0.05) is 0 Å². The summed E-state index contributed by atoms with van der Waals surface area (Å²) in [5, 5.41) is 13.3. The van der Waals surface area contributed by atoms with Crippen LogP contribution in [0.25, 0.3) is 0 Å². The topological polar surface area (TPSA) is 111 Å². The van der Waals surface area contributed by atoms with E-state index in [1.807, 2.05) is 0 Å². The molecule has 140 valence electrons. The summed E-state index contributed by atoms with van der Waals surface area (Å²) >= 11 is 0. The molecule has 1 aromatic carbocycles. The zero-order valence-corrected chi connectivity index (χ0v) is 14.3. The minimum atomic E-state index is -0.523. The summed E-state index contributed by atoms with van der Waals surface area (Å²) in [5.74, 6) is -0.902. The number of nitrogens with one attached hydrogen (secondary N) is 1. The van der Waals surface area contributed by atoms with Crippen LogP contribution >= 0.6 is 0 Å². The van der Waals surface area contributed by atoms with Gasteiger partial charge in [-0.05, 0) is 12.1 Å². The van der Waals surface area contributed by atoms with Crippen molar-refractivity contribution in [2.45, 2.75) is 25.0 Å². The van der Waals surface area contributed by atoms with Crippen molar-refractivity contribution in [1.29, 1.82) is 0 Å². The van der Waals surface area contributed by atoms with Gasteiger partial charge in [0, 0.05) is 56.6 Å². The van der Waals surface area contributed by atoms with E-state index >= 15 is 0 Å². The molecule has 3 rings (SSSR count). The third kappa shape index (κ3) is 4.17. The Morgan fingerprint density at radius 3 is 2.35 bits per heavy atom. The summed E-state index contributed by atoms with van der Waals surface area (Å²) < 4.78 is 11.3. The lowest BCUT2D eigenvalue weighted by atomic mass is 10.0. The second-order valence-electron chi connectivity index (χ2n) is 6.30. The fourth-order valence-electron chi connectivity index (χ4n) is 3.16. The number of hydrogen-bond donors (Lipinski definition) is 1. The van der Waals surface area contributed by atoms with Crippen molar-refractivity contribution in [3.63, 3.8) is 0 Å². The van der Waals surface area contributed by atoms with E-state index in [0.717, 1.165) is 0 Å². The first-order chi connectivity index (χ1) is 12.5. The Morgan fingerprint density at radius 2 is 1.77 bits per heavy atom. The van der Waals surface area contributed by atoms with Crippen LogP contribution in [0, 0.1) is 10.1 Å². The van der Waals surface area contributed by atoms with Crippen molar-refractivity contribution in [3.8, 4) is 0 Å². The second kappa shape index (κ2) is 7.79. The van der Waals surface area contributed by atoms with Crippen LogP contribution in [0.2, 0.25) is 0 Å². The lowest BCUT2D eigenvalue weighted by Gasteiger charge is -2.37. The molecule has 26 heavy (non-hydrogen) atoms. The van der Waals surface area contributed by atoms with Gasteiger partial charge in [-0.15, -0.1) is 0 Å². The molecule has 1 N–H and O–H groups in total. The van der Waals surface area contributed by atoms with E-state index in [4.69, 9.17) is 9.47 Å². The molecular weight excluding hydrogens is 342 g/mol. The quantitative estimate of drug-likeness (QED) is 0.619. The SMILES string of the molecule is O=C(NCCC(=O)N1CCC2(CC1)OCCO2)c1ccc([N+](=O)[O-])cc1. The van der Waals surface area contributed by atoms with Crippen LogP contribution in [0.1, 0.15) is 29.6 Å². The standard InChI is InChI=1S/C17H21N3O6/c21-15(19-9-6-17(7-10-19)25-11-12-26-17)5-8-18-16(22)13-1-3-14(4-2-13)20(23)24/h1-4H,5-12H2,(H,18,22). The maximum atomic E-state index is 12.3. The van der Waals surface area contributed by atoms with Crippen molar-refractivity contribution < 1.29 is 24.0 Å². The van der Waals surface area contributed by atoms with Crippen molar-refractivity contribution in [2.75, 3.05) is 32.8 Å². The monoisotopic (exact) mass is 363 g/mol. The maximum Gasteiger partial charge on any atom is 0.269 e. The van der Waals surface area contributed by atoms with E-state index in [2.05, 4.69) is 5.32 Å². The van der Waals surface area contributed by atoms with Gasteiger partial charge in [-0.25, -0.2) is 0 Å². The van der Waals surface area contributed by atoms with Gasteiger partial charge >= 0.3 is 0 Å². The normalized spacial score (nSPS) is 18.7. The fourth-order valence-corrected chi connectivity index (χ4v) is 3.16. The third-order valence-corrected chi connectivity index (χ3v) is 4.66. The zero-order chi connectivity index (χ0) is 18.6. The molecule has 2 saturated heterocycles. The van der Waals surface area contributed by atoms with Crippen molar-refractivity contribution in [3.05, 3.63) is 39.9 Å². The molecule has 0 unspecified atom stereocenters. The van der Waals surface area contributed by atoms with E-state index in [-0.39, 0.29) is 30.5 Å². The minimum absolute atomic E-state index is 0.0261. The van der Waals surface area contributed by atoms with Gasteiger partial charge in [0.25, 0.3) is 11.6 Å². The van der Waals surface area contributed by atoms with E-state index in [0.29, 0.717) is 44.7 Å². The number of nitro groups is 1. The van der Waals surface area contributed by atoms with Crippen molar-refractivity contribution in [2.24, 2.45) is 0 Å². The van der Waals surface area contributed by atoms with Crippen LogP contribution in [-0.4, -0.2) is 60.3 Å². The number of ether oxygens (including phenoxy) is 2. The van der Waals surface area contributed by atoms with Crippen LogP contribution in [0.5, 0.6) is 0 Å². The number of rotatable bonds is 5.